The first-order valence-electron chi connectivity index (χ1n) is 8.84. The first-order valence-corrected chi connectivity index (χ1v) is 8.84. The maximum atomic E-state index is 14.1. The van der Waals surface area contributed by atoms with E-state index in [1.54, 1.807) is 36.1 Å². The summed E-state index contributed by atoms with van der Waals surface area (Å²) in [7, 11) is 1.73. The van der Waals surface area contributed by atoms with E-state index in [1.165, 1.54) is 6.07 Å². The summed E-state index contributed by atoms with van der Waals surface area (Å²) >= 11 is 0. The van der Waals surface area contributed by atoms with Gasteiger partial charge in [-0.1, -0.05) is 0 Å². The number of nitrogens with one attached hydrogen (secondary N) is 1. The van der Waals surface area contributed by atoms with Crippen LogP contribution in [-0.2, 0) is 13.2 Å². The highest BCUT2D eigenvalue weighted by atomic mass is 19.4. The van der Waals surface area contributed by atoms with E-state index in [1.807, 2.05) is 0 Å². The Balaban J connectivity index is 1.90. The highest BCUT2D eigenvalue weighted by molar-refractivity contribution is 6.04. The van der Waals surface area contributed by atoms with Gasteiger partial charge in [0.05, 0.1) is 16.8 Å². The van der Waals surface area contributed by atoms with E-state index in [-0.39, 0.29) is 6.61 Å². The molecule has 0 atom stereocenters. The molecule has 0 unspecified atom stereocenters. The molecule has 3 N–H and O–H groups in total. The summed E-state index contributed by atoms with van der Waals surface area (Å²) in [5.74, 6) is -1.65. The van der Waals surface area contributed by atoms with Crippen molar-refractivity contribution >= 4 is 11.6 Å². The highest BCUT2D eigenvalue weighted by Crippen LogP contribution is 2.33. The Morgan fingerprint density at radius 2 is 1.97 bits per heavy atom. The second kappa shape index (κ2) is 8.54. The Morgan fingerprint density at radius 3 is 2.57 bits per heavy atom. The Labute approximate surface area is 169 Å². The van der Waals surface area contributed by atoms with E-state index < -0.39 is 29.0 Å². The van der Waals surface area contributed by atoms with Gasteiger partial charge in [0.2, 0.25) is 0 Å². The van der Waals surface area contributed by atoms with Gasteiger partial charge in [-0.25, -0.2) is 4.39 Å². The predicted molar refractivity (Wildman–Crippen MR) is 103 cm³/mol. The number of carbonyl (C=O) groups excluding carboxylic acids is 1. The van der Waals surface area contributed by atoms with Crippen LogP contribution in [0, 0.1) is 5.82 Å². The molecule has 2 aromatic carbocycles. The number of halogens is 4. The van der Waals surface area contributed by atoms with Crippen molar-refractivity contribution in [1.82, 2.24) is 9.78 Å². The largest absolute Gasteiger partial charge is 0.492 e. The van der Waals surface area contributed by atoms with E-state index in [0.29, 0.717) is 41.4 Å². The number of benzene rings is 2. The first kappa shape index (κ1) is 21.3. The van der Waals surface area contributed by atoms with Crippen molar-refractivity contribution < 1.29 is 27.1 Å². The Bertz CT molecular complexity index is 1060. The molecule has 1 heterocycles. The van der Waals surface area contributed by atoms with Gasteiger partial charge in [-0.15, -0.1) is 0 Å². The Morgan fingerprint density at radius 1 is 1.20 bits per heavy atom. The van der Waals surface area contributed by atoms with Crippen molar-refractivity contribution in [1.29, 1.82) is 0 Å². The third-order valence-electron chi connectivity index (χ3n) is 4.25. The van der Waals surface area contributed by atoms with Gasteiger partial charge < -0.3 is 15.8 Å². The molecule has 0 aliphatic rings. The molecular formula is C20H18F4N4O2. The summed E-state index contributed by atoms with van der Waals surface area (Å²) in [5.41, 5.74) is 5.41. The fourth-order valence-electron chi connectivity index (χ4n) is 2.81. The molecule has 0 aliphatic heterocycles. The van der Waals surface area contributed by atoms with Crippen LogP contribution in [0.4, 0.5) is 23.2 Å². The fourth-order valence-corrected chi connectivity index (χ4v) is 2.81. The molecule has 0 spiro atoms. The van der Waals surface area contributed by atoms with E-state index in [2.05, 4.69) is 10.4 Å². The number of alkyl halides is 3. The minimum Gasteiger partial charge on any atom is -0.492 e. The number of nitrogens with two attached hydrogens (primary N) is 1. The summed E-state index contributed by atoms with van der Waals surface area (Å²) in [6.07, 6.45) is -3.11. The van der Waals surface area contributed by atoms with E-state index >= 15 is 0 Å². The standard InChI is InChI=1S/C20H18F4N4O2/c1-28-17(6-8-26-28)15-11-13(3-5-18(15)30-9-7-25)27-19(29)14-4-2-12(10-16(14)21)20(22,23)24/h2-6,8,10-11H,7,9,25H2,1H3,(H,27,29). The molecule has 10 heteroatoms. The molecule has 158 valence electrons. The molecule has 3 aromatic rings. The number of carbonyl (C=O) groups is 1. The third-order valence-corrected chi connectivity index (χ3v) is 4.25. The number of hydrogen-bond donors (Lipinski definition) is 2. The average molecular weight is 422 g/mol. The Kier molecular flexibility index (Phi) is 6.06. The van der Waals surface area contributed by atoms with Crippen LogP contribution in [0.15, 0.2) is 48.7 Å². The fraction of sp³-hybridized carbons (Fsp3) is 0.200. The van der Waals surface area contributed by atoms with Gasteiger partial charge in [-0.3, -0.25) is 9.48 Å². The smallest absolute Gasteiger partial charge is 0.416 e. The molecule has 1 amide bonds. The van der Waals surface area contributed by atoms with Gasteiger partial charge in [0.25, 0.3) is 5.91 Å². The number of hydrogen-bond acceptors (Lipinski definition) is 4. The van der Waals surface area contributed by atoms with Crippen molar-refractivity contribution in [2.24, 2.45) is 12.8 Å². The van der Waals surface area contributed by atoms with Crippen molar-refractivity contribution in [2.45, 2.75) is 6.18 Å². The lowest BCUT2D eigenvalue weighted by molar-refractivity contribution is -0.137. The van der Waals surface area contributed by atoms with Gasteiger partial charge in [0.15, 0.2) is 0 Å². The van der Waals surface area contributed by atoms with Crippen LogP contribution in [0.2, 0.25) is 0 Å². The number of aryl methyl sites for hydroxylation is 1. The molecule has 0 saturated carbocycles. The molecule has 0 fully saturated rings. The average Bonchev–Trinajstić information content (AvgIpc) is 3.11. The second-order valence-corrected chi connectivity index (χ2v) is 6.33. The Hall–Kier alpha value is -3.40. The lowest BCUT2D eigenvalue weighted by atomic mass is 10.1. The van der Waals surface area contributed by atoms with Gasteiger partial charge in [-0.2, -0.15) is 18.3 Å². The van der Waals surface area contributed by atoms with E-state index in [4.69, 9.17) is 10.5 Å². The first-order chi connectivity index (χ1) is 14.2. The van der Waals surface area contributed by atoms with Crippen LogP contribution in [-0.4, -0.2) is 28.8 Å². The van der Waals surface area contributed by atoms with Gasteiger partial charge in [-0.05, 0) is 42.5 Å². The normalized spacial score (nSPS) is 11.4. The van der Waals surface area contributed by atoms with E-state index in [9.17, 15) is 22.4 Å². The highest BCUT2D eigenvalue weighted by Gasteiger charge is 2.31. The molecule has 3 rings (SSSR count). The molecule has 0 bridgehead atoms. The maximum absolute atomic E-state index is 14.1. The summed E-state index contributed by atoms with van der Waals surface area (Å²) in [5, 5.41) is 6.59. The van der Waals surface area contributed by atoms with Gasteiger partial charge >= 0.3 is 6.18 Å². The van der Waals surface area contributed by atoms with Crippen LogP contribution in [0.3, 0.4) is 0 Å². The molecule has 0 aliphatic carbocycles. The molecule has 0 radical (unpaired) electrons. The SMILES string of the molecule is Cn1nccc1-c1cc(NC(=O)c2ccc(C(F)(F)F)cc2F)ccc1OCCN. The second-order valence-electron chi connectivity index (χ2n) is 6.33. The number of ether oxygens (including phenoxy) is 1. The zero-order valence-electron chi connectivity index (χ0n) is 15.8. The summed E-state index contributed by atoms with van der Waals surface area (Å²) in [4.78, 5) is 12.4. The number of amides is 1. The number of aromatic nitrogens is 2. The van der Waals surface area contributed by atoms with Crippen LogP contribution in [0.25, 0.3) is 11.3 Å². The van der Waals surface area contributed by atoms with E-state index in [0.717, 1.165) is 6.07 Å². The lowest BCUT2D eigenvalue weighted by Crippen LogP contribution is -2.15. The summed E-state index contributed by atoms with van der Waals surface area (Å²) in [6.45, 7) is 0.573. The lowest BCUT2D eigenvalue weighted by Gasteiger charge is -2.14. The van der Waals surface area contributed by atoms with Crippen LogP contribution >= 0.6 is 0 Å². The monoisotopic (exact) mass is 422 g/mol. The van der Waals surface area contributed by atoms with Gasteiger partial charge in [0.1, 0.15) is 18.2 Å². The number of anilines is 1. The van der Waals surface area contributed by atoms with Crippen molar-refractivity contribution in [3.63, 3.8) is 0 Å². The minimum atomic E-state index is -4.70. The zero-order chi connectivity index (χ0) is 21.9. The van der Waals surface area contributed by atoms with Crippen molar-refractivity contribution in [3.8, 4) is 17.0 Å². The van der Waals surface area contributed by atoms with Gasteiger partial charge in [0, 0.05) is 31.0 Å². The molecule has 1 aromatic heterocycles. The molecule has 0 saturated heterocycles. The molecule has 6 nitrogen and oxygen atoms in total. The molecule has 30 heavy (non-hydrogen) atoms. The molecular weight excluding hydrogens is 404 g/mol. The zero-order valence-corrected chi connectivity index (χ0v) is 15.8. The number of nitrogens with zero attached hydrogens (tertiary/aromatic N) is 2. The van der Waals surface area contributed by atoms with Crippen LogP contribution in [0.5, 0.6) is 5.75 Å². The van der Waals surface area contributed by atoms with Crippen LogP contribution < -0.4 is 15.8 Å². The quantitative estimate of drug-likeness (QED) is 0.592. The summed E-state index contributed by atoms with van der Waals surface area (Å²) in [6, 6.07) is 8.23. The minimum absolute atomic E-state index is 0.271. The predicted octanol–water partition coefficient (Wildman–Crippen LogP) is 3.83. The third kappa shape index (κ3) is 4.60. The maximum Gasteiger partial charge on any atom is 0.416 e. The van der Waals surface area contributed by atoms with Crippen LogP contribution in [0.1, 0.15) is 15.9 Å². The van der Waals surface area contributed by atoms with Crippen molar-refractivity contribution in [2.75, 3.05) is 18.5 Å². The summed E-state index contributed by atoms with van der Waals surface area (Å²) < 4.78 is 59.4. The van der Waals surface area contributed by atoms with Crippen molar-refractivity contribution in [3.05, 3.63) is 65.6 Å². The number of rotatable bonds is 6. The topological polar surface area (TPSA) is 82.2 Å².